The summed E-state index contributed by atoms with van der Waals surface area (Å²) in [6, 6.07) is 11.7. The molecule has 0 radical (unpaired) electrons. The van der Waals surface area contributed by atoms with Crippen LogP contribution in [-0.2, 0) is 0 Å². The summed E-state index contributed by atoms with van der Waals surface area (Å²) in [5, 5.41) is 16.0. The van der Waals surface area contributed by atoms with E-state index in [1.165, 1.54) is 34.1 Å². The van der Waals surface area contributed by atoms with Gasteiger partial charge >= 0.3 is 5.97 Å². The molecule has 0 aliphatic heterocycles. The van der Waals surface area contributed by atoms with Gasteiger partial charge in [0.15, 0.2) is 0 Å². The standard InChI is InChI=1S/C23H16N4O2S/c1-13-12-30-21-3-2-14(8-17(13)21)18-9-15(10-19-22(18)26-7-6-25-19)27-20-11-24-5-4-16(20)23(28)29/h2-12,27H,1H3,(H,28,29). The lowest BCUT2D eigenvalue weighted by Crippen LogP contribution is -2.03. The SMILES string of the molecule is Cc1csc2ccc(-c3cc(Nc4cnccc4C(=O)O)cc4nccnc34)cc12. The van der Waals surface area contributed by atoms with Gasteiger partial charge in [-0.25, -0.2) is 4.79 Å². The average molecular weight is 412 g/mol. The number of carboxylic acid groups (broad SMARTS) is 1. The predicted octanol–water partition coefficient (Wildman–Crippen LogP) is 5.66. The molecule has 146 valence electrons. The van der Waals surface area contributed by atoms with E-state index in [0.717, 1.165) is 27.8 Å². The highest BCUT2D eigenvalue weighted by molar-refractivity contribution is 7.17. The molecule has 6 nitrogen and oxygen atoms in total. The molecule has 0 fully saturated rings. The molecular weight excluding hydrogens is 396 g/mol. The second-order valence-corrected chi connectivity index (χ2v) is 7.84. The number of carbonyl (C=O) groups is 1. The summed E-state index contributed by atoms with van der Waals surface area (Å²) in [5.41, 5.74) is 6.00. The summed E-state index contributed by atoms with van der Waals surface area (Å²) in [5.74, 6) is -1.01. The van der Waals surface area contributed by atoms with Crippen LogP contribution in [0.25, 0.3) is 32.2 Å². The second-order valence-electron chi connectivity index (χ2n) is 6.93. The number of hydrogen-bond donors (Lipinski definition) is 2. The summed E-state index contributed by atoms with van der Waals surface area (Å²) < 4.78 is 1.24. The molecule has 0 aliphatic carbocycles. The second kappa shape index (κ2) is 7.20. The molecule has 3 aromatic heterocycles. The number of thiophene rings is 1. The highest BCUT2D eigenvalue weighted by Gasteiger charge is 2.14. The van der Waals surface area contributed by atoms with E-state index >= 15 is 0 Å². The van der Waals surface area contributed by atoms with Gasteiger partial charge in [0.25, 0.3) is 0 Å². The van der Waals surface area contributed by atoms with Crippen molar-refractivity contribution in [3.63, 3.8) is 0 Å². The quantitative estimate of drug-likeness (QED) is 0.396. The van der Waals surface area contributed by atoms with E-state index in [2.05, 4.69) is 50.8 Å². The number of anilines is 2. The van der Waals surface area contributed by atoms with Crippen LogP contribution in [0.3, 0.4) is 0 Å². The van der Waals surface area contributed by atoms with Crippen LogP contribution in [0.15, 0.2) is 66.6 Å². The van der Waals surface area contributed by atoms with Gasteiger partial charge in [-0.15, -0.1) is 11.3 Å². The summed E-state index contributed by atoms with van der Waals surface area (Å²) >= 11 is 1.73. The predicted molar refractivity (Wildman–Crippen MR) is 120 cm³/mol. The van der Waals surface area contributed by atoms with Crippen molar-refractivity contribution in [2.75, 3.05) is 5.32 Å². The lowest BCUT2D eigenvalue weighted by atomic mass is 10.0. The van der Waals surface area contributed by atoms with Crippen LogP contribution < -0.4 is 5.32 Å². The van der Waals surface area contributed by atoms with Crippen molar-refractivity contribution >= 4 is 49.8 Å². The van der Waals surface area contributed by atoms with E-state index in [-0.39, 0.29) is 5.56 Å². The Hall–Kier alpha value is -3.84. The number of carboxylic acids is 1. The molecule has 5 aromatic rings. The topological polar surface area (TPSA) is 88.0 Å². The molecule has 0 bridgehead atoms. The van der Waals surface area contributed by atoms with E-state index in [1.807, 2.05) is 12.1 Å². The maximum atomic E-state index is 11.6. The first-order chi connectivity index (χ1) is 14.6. The smallest absolute Gasteiger partial charge is 0.337 e. The Kier molecular flexibility index (Phi) is 4.37. The Morgan fingerprint density at radius 1 is 1.07 bits per heavy atom. The maximum absolute atomic E-state index is 11.6. The molecule has 3 heterocycles. The Bertz CT molecular complexity index is 1430. The first-order valence-corrected chi connectivity index (χ1v) is 10.2. The van der Waals surface area contributed by atoms with Gasteiger partial charge in [-0.3, -0.25) is 15.0 Å². The Morgan fingerprint density at radius 2 is 1.93 bits per heavy atom. The number of benzene rings is 2. The number of pyridine rings is 1. The molecule has 30 heavy (non-hydrogen) atoms. The summed E-state index contributed by atoms with van der Waals surface area (Å²) in [7, 11) is 0. The number of aromatic carboxylic acids is 1. The molecule has 2 N–H and O–H groups in total. The lowest BCUT2D eigenvalue weighted by Gasteiger charge is -2.13. The Labute approximate surface area is 175 Å². The number of fused-ring (bicyclic) bond motifs is 2. The van der Waals surface area contributed by atoms with Gasteiger partial charge < -0.3 is 10.4 Å². The molecule has 0 saturated carbocycles. The van der Waals surface area contributed by atoms with Gasteiger partial charge in [-0.05, 0) is 59.1 Å². The van der Waals surface area contributed by atoms with E-state index in [0.29, 0.717) is 5.69 Å². The minimum absolute atomic E-state index is 0.154. The van der Waals surface area contributed by atoms with Crippen LogP contribution in [0.5, 0.6) is 0 Å². The molecule has 0 spiro atoms. The zero-order chi connectivity index (χ0) is 20.7. The number of aryl methyl sites for hydroxylation is 1. The zero-order valence-corrected chi connectivity index (χ0v) is 16.8. The fraction of sp³-hybridized carbons (Fsp3) is 0.0435. The third-order valence-electron chi connectivity index (χ3n) is 4.98. The van der Waals surface area contributed by atoms with E-state index in [4.69, 9.17) is 0 Å². The number of rotatable bonds is 4. The van der Waals surface area contributed by atoms with E-state index < -0.39 is 5.97 Å². The fourth-order valence-electron chi connectivity index (χ4n) is 3.53. The van der Waals surface area contributed by atoms with Crippen molar-refractivity contribution in [2.45, 2.75) is 6.92 Å². The minimum Gasteiger partial charge on any atom is -0.478 e. The first kappa shape index (κ1) is 18.2. The monoisotopic (exact) mass is 412 g/mol. The molecule has 0 amide bonds. The molecule has 0 saturated heterocycles. The largest absolute Gasteiger partial charge is 0.478 e. The van der Waals surface area contributed by atoms with Crippen LogP contribution >= 0.6 is 11.3 Å². The van der Waals surface area contributed by atoms with Gasteiger partial charge in [0, 0.05) is 34.5 Å². The third-order valence-corrected chi connectivity index (χ3v) is 6.06. The normalized spacial score (nSPS) is 11.1. The molecular formula is C23H16N4O2S. The van der Waals surface area contributed by atoms with Gasteiger partial charge in [0.2, 0.25) is 0 Å². The summed E-state index contributed by atoms with van der Waals surface area (Å²) in [4.78, 5) is 24.6. The number of nitrogens with one attached hydrogen (secondary N) is 1. The molecule has 5 rings (SSSR count). The third kappa shape index (κ3) is 3.15. The van der Waals surface area contributed by atoms with Crippen LogP contribution in [0.4, 0.5) is 11.4 Å². The van der Waals surface area contributed by atoms with Gasteiger partial charge in [-0.1, -0.05) is 6.07 Å². The van der Waals surface area contributed by atoms with E-state index in [9.17, 15) is 9.90 Å². The van der Waals surface area contributed by atoms with Crippen molar-refractivity contribution in [2.24, 2.45) is 0 Å². The van der Waals surface area contributed by atoms with Gasteiger partial charge in [0.1, 0.15) is 0 Å². The van der Waals surface area contributed by atoms with Crippen molar-refractivity contribution in [1.82, 2.24) is 15.0 Å². The Balaban J connectivity index is 1.68. The Morgan fingerprint density at radius 3 is 2.80 bits per heavy atom. The average Bonchev–Trinajstić information content (AvgIpc) is 3.13. The number of hydrogen-bond acceptors (Lipinski definition) is 6. The highest BCUT2D eigenvalue weighted by Crippen LogP contribution is 2.35. The maximum Gasteiger partial charge on any atom is 0.337 e. The van der Waals surface area contributed by atoms with Crippen molar-refractivity contribution in [1.29, 1.82) is 0 Å². The summed E-state index contributed by atoms with van der Waals surface area (Å²) in [6.07, 6.45) is 6.29. The molecule has 0 unspecified atom stereocenters. The van der Waals surface area contributed by atoms with Crippen LogP contribution in [-0.4, -0.2) is 26.0 Å². The van der Waals surface area contributed by atoms with Gasteiger partial charge in [0.05, 0.1) is 28.5 Å². The van der Waals surface area contributed by atoms with Gasteiger partial charge in [-0.2, -0.15) is 0 Å². The molecule has 0 aliphatic rings. The summed E-state index contributed by atoms with van der Waals surface area (Å²) in [6.45, 7) is 2.11. The number of nitrogens with zero attached hydrogens (tertiary/aromatic N) is 3. The minimum atomic E-state index is -1.01. The van der Waals surface area contributed by atoms with E-state index in [1.54, 1.807) is 23.7 Å². The molecule has 7 heteroatoms. The van der Waals surface area contributed by atoms with Crippen molar-refractivity contribution in [3.05, 3.63) is 77.7 Å². The zero-order valence-electron chi connectivity index (χ0n) is 16.0. The van der Waals surface area contributed by atoms with Crippen LogP contribution in [0, 0.1) is 6.92 Å². The molecule has 0 atom stereocenters. The van der Waals surface area contributed by atoms with Crippen molar-refractivity contribution < 1.29 is 9.90 Å². The van der Waals surface area contributed by atoms with Crippen molar-refractivity contribution in [3.8, 4) is 11.1 Å². The fourth-order valence-corrected chi connectivity index (χ4v) is 4.45. The van der Waals surface area contributed by atoms with Crippen LogP contribution in [0.1, 0.15) is 15.9 Å². The lowest BCUT2D eigenvalue weighted by molar-refractivity contribution is 0.0698. The highest BCUT2D eigenvalue weighted by atomic mass is 32.1. The number of aromatic nitrogens is 3. The first-order valence-electron chi connectivity index (χ1n) is 9.27. The van der Waals surface area contributed by atoms with Crippen LogP contribution in [0.2, 0.25) is 0 Å². The molecule has 2 aromatic carbocycles.